The average Bonchev–Trinajstić information content (AvgIpc) is 2.88. The lowest BCUT2D eigenvalue weighted by Crippen LogP contribution is -2.07. The number of anilines is 1. The number of rotatable bonds is 6. The highest BCUT2D eigenvalue weighted by molar-refractivity contribution is 7.59. The Kier molecular flexibility index (Phi) is 12.3. The van der Waals surface area contributed by atoms with Gasteiger partial charge in [0, 0.05) is 18.8 Å². The van der Waals surface area contributed by atoms with Crippen LogP contribution in [0.4, 0.5) is 19.0 Å². The fraction of sp³-hybridized carbons (Fsp3) is 0.192. The molecule has 4 aromatic rings. The van der Waals surface area contributed by atoms with Crippen LogP contribution in [-0.2, 0) is 23.2 Å². The van der Waals surface area contributed by atoms with Gasteiger partial charge in [-0.3, -0.25) is 0 Å². The topological polar surface area (TPSA) is 111 Å². The van der Waals surface area contributed by atoms with Crippen molar-refractivity contribution in [2.45, 2.75) is 26.4 Å². The number of hydrogen-bond acceptors (Lipinski definition) is 8. The smallest absolute Gasteiger partial charge is 0.425 e. The summed E-state index contributed by atoms with van der Waals surface area (Å²) in [5, 5.41) is 3.65. The van der Waals surface area contributed by atoms with Gasteiger partial charge in [-0.2, -0.15) is 13.2 Å². The zero-order valence-electron chi connectivity index (χ0n) is 20.8. The van der Waals surface area contributed by atoms with Crippen LogP contribution in [0.3, 0.4) is 0 Å². The molecule has 2 aromatic heterocycles. The number of ether oxygens (including phenoxy) is 1. The SMILES string of the molecule is Cc1ccccc1.Cc1ncnc(NCCc2ccc(Oc3ccc(C(F)(F)F)cn3)cc2)c1Cl.O=S(=O)=O. The summed E-state index contributed by atoms with van der Waals surface area (Å²) >= 11 is 6.14. The van der Waals surface area contributed by atoms with E-state index in [2.05, 4.69) is 39.3 Å². The molecule has 0 radical (unpaired) electrons. The third-order valence-corrected chi connectivity index (χ3v) is 5.27. The van der Waals surface area contributed by atoms with Crippen LogP contribution in [0.15, 0.2) is 79.3 Å². The molecule has 8 nitrogen and oxygen atoms in total. The van der Waals surface area contributed by atoms with Crippen LogP contribution in [0.2, 0.25) is 5.02 Å². The van der Waals surface area contributed by atoms with Crippen LogP contribution in [0.25, 0.3) is 0 Å². The molecule has 0 aliphatic carbocycles. The van der Waals surface area contributed by atoms with Gasteiger partial charge in [-0.25, -0.2) is 15.0 Å². The predicted molar refractivity (Wildman–Crippen MR) is 141 cm³/mol. The zero-order valence-corrected chi connectivity index (χ0v) is 22.4. The molecule has 0 saturated heterocycles. The number of alkyl halides is 3. The van der Waals surface area contributed by atoms with E-state index >= 15 is 0 Å². The summed E-state index contributed by atoms with van der Waals surface area (Å²) in [4.78, 5) is 11.8. The normalized spacial score (nSPS) is 10.3. The van der Waals surface area contributed by atoms with E-state index in [1.807, 2.05) is 30.3 Å². The fourth-order valence-corrected chi connectivity index (χ4v) is 3.06. The van der Waals surface area contributed by atoms with E-state index in [9.17, 15) is 13.2 Å². The number of aryl methyl sites for hydroxylation is 2. The molecular formula is C26H24ClF3N4O4S. The van der Waals surface area contributed by atoms with Crippen molar-refractivity contribution in [2.75, 3.05) is 11.9 Å². The summed E-state index contributed by atoms with van der Waals surface area (Å²) in [6, 6.07) is 19.6. The maximum absolute atomic E-state index is 12.5. The summed E-state index contributed by atoms with van der Waals surface area (Å²) in [5.74, 6) is 1.16. The molecule has 206 valence electrons. The Bertz CT molecular complexity index is 1420. The van der Waals surface area contributed by atoms with Gasteiger partial charge in [0.15, 0.2) is 0 Å². The largest absolute Gasteiger partial charge is 0.439 e. The minimum Gasteiger partial charge on any atom is -0.439 e. The van der Waals surface area contributed by atoms with Crippen molar-refractivity contribution in [2.24, 2.45) is 0 Å². The van der Waals surface area contributed by atoms with E-state index in [4.69, 9.17) is 29.0 Å². The van der Waals surface area contributed by atoms with E-state index in [1.54, 1.807) is 19.1 Å². The zero-order chi connectivity index (χ0) is 28.8. The first kappa shape index (κ1) is 31.2. The van der Waals surface area contributed by atoms with Gasteiger partial charge in [0.2, 0.25) is 5.88 Å². The van der Waals surface area contributed by atoms with Crippen LogP contribution in [0.5, 0.6) is 11.6 Å². The number of benzene rings is 2. The summed E-state index contributed by atoms with van der Waals surface area (Å²) in [5.41, 5.74) is 2.25. The lowest BCUT2D eigenvalue weighted by atomic mass is 10.1. The first-order valence-corrected chi connectivity index (χ1v) is 12.6. The monoisotopic (exact) mass is 580 g/mol. The number of nitrogens with one attached hydrogen (secondary N) is 1. The van der Waals surface area contributed by atoms with Crippen molar-refractivity contribution in [3.63, 3.8) is 0 Å². The van der Waals surface area contributed by atoms with Gasteiger partial charge in [0.05, 0.1) is 11.3 Å². The molecule has 0 spiro atoms. The molecule has 2 heterocycles. The third kappa shape index (κ3) is 11.9. The first-order chi connectivity index (χ1) is 18.5. The van der Waals surface area contributed by atoms with Crippen molar-refractivity contribution in [1.82, 2.24) is 15.0 Å². The molecule has 0 unspecified atom stereocenters. The maximum atomic E-state index is 12.5. The lowest BCUT2D eigenvalue weighted by molar-refractivity contribution is -0.137. The molecule has 0 aliphatic rings. The number of hydrogen-bond donors (Lipinski definition) is 1. The van der Waals surface area contributed by atoms with E-state index in [0.29, 0.717) is 28.8 Å². The molecule has 0 atom stereocenters. The second-order valence-electron chi connectivity index (χ2n) is 7.79. The van der Waals surface area contributed by atoms with Crippen molar-refractivity contribution < 1.29 is 30.5 Å². The highest BCUT2D eigenvalue weighted by Gasteiger charge is 2.30. The Labute approximate surface area is 230 Å². The van der Waals surface area contributed by atoms with Gasteiger partial charge in [-0.1, -0.05) is 59.6 Å². The molecule has 4 rings (SSSR count). The average molecular weight is 581 g/mol. The second-order valence-corrected chi connectivity index (χ2v) is 8.57. The Balaban J connectivity index is 0.000000404. The van der Waals surface area contributed by atoms with Gasteiger partial charge in [0.25, 0.3) is 0 Å². The Morgan fingerprint density at radius 1 is 0.897 bits per heavy atom. The van der Waals surface area contributed by atoms with E-state index < -0.39 is 22.3 Å². The van der Waals surface area contributed by atoms with Crippen molar-refractivity contribution in [1.29, 1.82) is 0 Å². The van der Waals surface area contributed by atoms with Gasteiger partial charge in [-0.05, 0) is 44.0 Å². The second kappa shape index (κ2) is 15.4. The van der Waals surface area contributed by atoms with Gasteiger partial charge < -0.3 is 10.1 Å². The quantitative estimate of drug-likeness (QED) is 0.283. The summed E-state index contributed by atoms with van der Waals surface area (Å²) < 4.78 is 68.4. The molecule has 0 amide bonds. The minimum atomic E-state index is -4.42. The van der Waals surface area contributed by atoms with E-state index in [-0.39, 0.29) is 5.88 Å². The molecule has 39 heavy (non-hydrogen) atoms. The van der Waals surface area contributed by atoms with Crippen LogP contribution >= 0.6 is 11.6 Å². The van der Waals surface area contributed by atoms with Crippen molar-refractivity contribution in [3.8, 4) is 11.6 Å². The number of aromatic nitrogens is 3. The lowest BCUT2D eigenvalue weighted by Gasteiger charge is -2.10. The van der Waals surface area contributed by atoms with Gasteiger partial charge in [-0.15, -0.1) is 12.6 Å². The molecule has 2 aromatic carbocycles. The molecule has 0 fully saturated rings. The van der Waals surface area contributed by atoms with Crippen LogP contribution in [0, 0.1) is 13.8 Å². The summed E-state index contributed by atoms with van der Waals surface area (Å²) in [6.45, 7) is 4.51. The standard InChI is InChI=1S/C19H16ClF3N4O.C7H8.O3S/c1-12-17(20)18(27-11-26-12)24-9-8-13-2-5-15(6-3-13)28-16-7-4-14(10-25-16)19(21,22)23;1-7-5-3-2-4-6-7;1-4(2)3/h2-7,10-11H,8-9H2,1H3,(H,24,26,27);2-6H,1H3;. The number of pyridine rings is 1. The Morgan fingerprint density at radius 3 is 2.05 bits per heavy atom. The molecule has 0 bridgehead atoms. The molecule has 13 heteroatoms. The fourth-order valence-electron chi connectivity index (χ4n) is 2.89. The maximum Gasteiger partial charge on any atom is 0.425 e. The first-order valence-electron chi connectivity index (χ1n) is 11.2. The Morgan fingerprint density at radius 2 is 1.54 bits per heavy atom. The molecule has 0 aliphatic heterocycles. The van der Waals surface area contributed by atoms with Gasteiger partial charge >= 0.3 is 16.8 Å². The van der Waals surface area contributed by atoms with Gasteiger partial charge in [0.1, 0.15) is 22.9 Å². The summed E-state index contributed by atoms with van der Waals surface area (Å²) in [6.07, 6.45) is -1.51. The van der Waals surface area contributed by atoms with Crippen LogP contribution in [0.1, 0.15) is 22.4 Å². The molecule has 1 N–H and O–H groups in total. The highest BCUT2D eigenvalue weighted by Crippen LogP contribution is 2.30. The summed E-state index contributed by atoms with van der Waals surface area (Å²) in [7, 11) is -3.11. The highest BCUT2D eigenvalue weighted by atomic mass is 35.5. The molecular weight excluding hydrogens is 557 g/mol. The number of nitrogens with zero attached hydrogens (tertiary/aromatic N) is 3. The van der Waals surface area contributed by atoms with Crippen LogP contribution in [-0.4, -0.2) is 34.1 Å². The van der Waals surface area contributed by atoms with Crippen LogP contribution < -0.4 is 10.1 Å². The van der Waals surface area contributed by atoms with E-state index in [1.165, 1.54) is 18.0 Å². The van der Waals surface area contributed by atoms with Crippen molar-refractivity contribution >= 4 is 28.0 Å². The molecule has 0 saturated carbocycles. The minimum absolute atomic E-state index is 0.0937. The van der Waals surface area contributed by atoms with E-state index in [0.717, 1.165) is 24.2 Å². The third-order valence-electron chi connectivity index (χ3n) is 4.82. The predicted octanol–water partition coefficient (Wildman–Crippen LogP) is 6.29. The number of halogens is 4. The van der Waals surface area contributed by atoms with Crippen molar-refractivity contribution in [3.05, 3.63) is 107 Å². The Hall–Kier alpha value is -4.03.